The van der Waals surface area contributed by atoms with Crippen LogP contribution in [0.4, 0.5) is 0 Å². The predicted octanol–water partition coefficient (Wildman–Crippen LogP) is 8.95. The normalized spacial score (nSPS) is 10.0. The standard InChI is InChI=1S/C17H12N.C15H10N.C5H8O2.2Ir/c1-2-7-14(8-3-1)15-9-6-10-16(13-15)17-11-4-5-12-18-17;1-2-6-12(7-3-1)15-11-10-13-8-4-5-9-14(13)16-15;1-4(6)3-5(2)7;;/h1-9,11-13H;1-6,8-11H;3,6H,1-2H3;;/q2*-1;;;. The van der Waals surface area contributed by atoms with Crippen LogP contribution in [0.5, 0.6) is 0 Å². The van der Waals surface area contributed by atoms with Crippen molar-refractivity contribution in [2.75, 3.05) is 0 Å². The predicted molar refractivity (Wildman–Crippen MR) is 167 cm³/mol. The van der Waals surface area contributed by atoms with E-state index in [0.29, 0.717) is 0 Å². The Morgan fingerprint density at radius 2 is 1.37 bits per heavy atom. The minimum Gasteiger partial charge on any atom is -0.512 e. The van der Waals surface area contributed by atoms with Gasteiger partial charge in [0.25, 0.3) is 0 Å². The summed E-state index contributed by atoms with van der Waals surface area (Å²) in [6.45, 7) is 2.85. The summed E-state index contributed by atoms with van der Waals surface area (Å²) in [5, 5.41) is 9.53. The van der Waals surface area contributed by atoms with Gasteiger partial charge in [0.15, 0.2) is 5.78 Å². The van der Waals surface area contributed by atoms with Crippen LogP contribution in [0.15, 0.2) is 145 Å². The third-order valence-electron chi connectivity index (χ3n) is 5.85. The second-order valence-corrected chi connectivity index (χ2v) is 9.13. The van der Waals surface area contributed by atoms with Gasteiger partial charge in [-0.3, -0.25) is 9.78 Å². The molecule has 1 N–H and O–H groups in total. The van der Waals surface area contributed by atoms with Crippen LogP contribution in [-0.2, 0) is 45.0 Å². The Kier molecular flexibility index (Phi) is 15.1. The average molecular weight is 919 g/mol. The summed E-state index contributed by atoms with van der Waals surface area (Å²) < 4.78 is 0. The maximum atomic E-state index is 10.0. The van der Waals surface area contributed by atoms with Gasteiger partial charge in [-0.05, 0) is 48.3 Å². The summed E-state index contributed by atoms with van der Waals surface area (Å²) in [7, 11) is 0. The van der Waals surface area contributed by atoms with Gasteiger partial charge in [-0.15, -0.1) is 71.3 Å². The quantitative estimate of drug-likeness (QED) is 0.109. The number of hydrogen-bond donors (Lipinski definition) is 1. The van der Waals surface area contributed by atoms with Crippen molar-refractivity contribution < 1.29 is 50.1 Å². The van der Waals surface area contributed by atoms with Gasteiger partial charge >= 0.3 is 0 Å². The summed E-state index contributed by atoms with van der Waals surface area (Å²) in [5.74, 6) is -0.0625. The fraction of sp³-hybridized carbons (Fsp3) is 0.0541. The van der Waals surface area contributed by atoms with Gasteiger partial charge in [0, 0.05) is 52.5 Å². The van der Waals surface area contributed by atoms with E-state index in [9.17, 15) is 4.79 Å². The first-order valence-electron chi connectivity index (χ1n) is 13.2. The van der Waals surface area contributed by atoms with Gasteiger partial charge in [0.1, 0.15) is 0 Å². The van der Waals surface area contributed by atoms with Crippen molar-refractivity contribution in [2.24, 2.45) is 0 Å². The molecule has 0 bridgehead atoms. The van der Waals surface area contributed by atoms with Crippen molar-refractivity contribution in [2.45, 2.75) is 13.8 Å². The number of fused-ring (bicyclic) bond motifs is 1. The number of aromatic nitrogens is 2. The molecule has 0 fully saturated rings. The van der Waals surface area contributed by atoms with Gasteiger partial charge < -0.3 is 10.1 Å². The SMILES string of the molecule is CC(=O)C=C(C)O.[Ir].[Ir].[c-]1ccc(-c2ccccc2)cc1-c1ccccn1.[c-]1ccccc1-c1ccc2ccccc2n1. The number of ketones is 1. The summed E-state index contributed by atoms with van der Waals surface area (Å²) in [4.78, 5) is 19.0. The van der Waals surface area contributed by atoms with E-state index in [-0.39, 0.29) is 51.8 Å². The number of benzene rings is 4. The summed E-state index contributed by atoms with van der Waals surface area (Å²) in [6, 6.07) is 49.0. The van der Waals surface area contributed by atoms with Crippen LogP contribution in [0.25, 0.3) is 44.5 Å². The number of rotatable bonds is 4. The topological polar surface area (TPSA) is 63.1 Å². The zero-order valence-corrected chi connectivity index (χ0v) is 28.5. The first-order valence-corrected chi connectivity index (χ1v) is 13.2. The molecule has 2 radical (unpaired) electrons. The van der Waals surface area contributed by atoms with Crippen LogP contribution in [0.2, 0.25) is 0 Å². The Balaban J connectivity index is 0.000000240. The third-order valence-corrected chi connectivity index (χ3v) is 5.85. The van der Waals surface area contributed by atoms with Crippen molar-refractivity contribution in [1.82, 2.24) is 9.97 Å². The molecule has 6 rings (SSSR count). The molecule has 4 nitrogen and oxygen atoms in total. The zero-order chi connectivity index (χ0) is 28.9. The molecule has 0 amide bonds. The Bertz CT molecular complexity index is 1670. The largest absolute Gasteiger partial charge is 0.512 e. The van der Waals surface area contributed by atoms with Crippen molar-refractivity contribution in [1.29, 1.82) is 0 Å². The van der Waals surface area contributed by atoms with E-state index in [0.717, 1.165) is 28.0 Å². The fourth-order valence-corrected chi connectivity index (χ4v) is 4.01. The van der Waals surface area contributed by atoms with Crippen LogP contribution in [0.1, 0.15) is 13.8 Å². The van der Waals surface area contributed by atoms with Gasteiger partial charge in [-0.25, -0.2) is 0 Å². The maximum absolute atomic E-state index is 10.0. The molecule has 0 saturated carbocycles. The Labute approximate surface area is 280 Å². The van der Waals surface area contributed by atoms with Crippen LogP contribution >= 0.6 is 0 Å². The molecule has 220 valence electrons. The molecule has 0 atom stereocenters. The Morgan fingerprint density at radius 1 is 0.674 bits per heavy atom. The maximum Gasteiger partial charge on any atom is 0.155 e. The number of aliphatic hydroxyl groups is 1. The number of para-hydroxylation sites is 1. The van der Waals surface area contributed by atoms with Crippen LogP contribution in [0, 0.1) is 12.1 Å². The molecule has 0 unspecified atom stereocenters. The monoisotopic (exact) mass is 920 g/mol. The molecule has 0 spiro atoms. The number of aliphatic hydroxyl groups excluding tert-OH is 1. The molecular weight excluding hydrogens is 889 g/mol. The summed E-state index contributed by atoms with van der Waals surface area (Å²) in [6.07, 6.45) is 2.97. The number of nitrogens with zero attached hydrogens (tertiary/aromatic N) is 2. The van der Waals surface area contributed by atoms with E-state index < -0.39 is 0 Å². The molecule has 6 heteroatoms. The van der Waals surface area contributed by atoms with E-state index in [1.807, 2.05) is 91.0 Å². The molecule has 2 aromatic heterocycles. The minimum absolute atomic E-state index is 0. The van der Waals surface area contributed by atoms with E-state index in [1.165, 1.54) is 36.4 Å². The van der Waals surface area contributed by atoms with Crippen molar-refractivity contribution >= 4 is 16.7 Å². The van der Waals surface area contributed by atoms with Gasteiger partial charge in [0.2, 0.25) is 0 Å². The smallest absolute Gasteiger partial charge is 0.155 e. The summed E-state index contributed by atoms with van der Waals surface area (Å²) >= 11 is 0. The van der Waals surface area contributed by atoms with Crippen LogP contribution < -0.4 is 0 Å². The Hall–Kier alpha value is -4.05. The van der Waals surface area contributed by atoms with E-state index in [2.05, 4.69) is 58.5 Å². The molecule has 2 heterocycles. The fourth-order valence-electron chi connectivity index (χ4n) is 4.01. The second-order valence-electron chi connectivity index (χ2n) is 9.13. The van der Waals surface area contributed by atoms with Gasteiger partial charge in [-0.1, -0.05) is 72.8 Å². The van der Waals surface area contributed by atoms with Crippen molar-refractivity contribution in [3.8, 4) is 33.6 Å². The van der Waals surface area contributed by atoms with Crippen molar-refractivity contribution in [3.05, 3.63) is 158 Å². The van der Waals surface area contributed by atoms with Crippen LogP contribution in [0.3, 0.4) is 0 Å². The molecular formula is C37H30Ir2N2O2-2. The number of hydrogen-bond acceptors (Lipinski definition) is 4. The van der Waals surface area contributed by atoms with E-state index in [4.69, 9.17) is 5.11 Å². The zero-order valence-electron chi connectivity index (χ0n) is 23.7. The first kappa shape index (κ1) is 35.1. The number of pyridine rings is 2. The first-order chi connectivity index (χ1) is 20.0. The second kappa shape index (κ2) is 18.5. The molecule has 0 aliphatic rings. The van der Waals surface area contributed by atoms with Gasteiger partial charge in [-0.2, -0.15) is 0 Å². The molecule has 0 aliphatic carbocycles. The molecule has 6 aromatic rings. The van der Waals surface area contributed by atoms with E-state index >= 15 is 0 Å². The number of carbonyl (C=O) groups is 1. The molecule has 0 saturated heterocycles. The molecule has 43 heavy (non-hydrogen) atoms. The number of carbonyl (C=O) groups excluding carboxylic acids is 1. The van der Waals surface area contributed by atoms with Crippen LogP contribution in [-0.4, -0.2) is 20.9 Å². The van der Waals surface area contributed by atoms with E-state index in [1.54, 1.807) is 6.20 Å². The third kappa shape index (κ3) is 11.3. The Morgan fingerprint density at radius 3 is 2.02 bits per heavy atom. The minimum atomic E-state index is -0.125. The number of allylic oxidation sites excluding steroid dienone is 2. The summed E-state index contributed by atoms with van der Waals surface area (Å²) in [5.41, 5.74) is 7.41. The molecule has 0 aliphatic heterocycles. The van der Waals surface area contributed by atoms with Gasteiger partial charge in [0.05, 0.1) is 11.3 Å². The average Bonchev–Trinajstić information content (AvgIpc) is 3.02. The molecule has 4 aromatic carbocycles. The van der Waals surface area contributed by atoms with Crippen molar-refractivity contribution in [3.63, 3.8) is 0 Å².